The van der Waals surface area contributed by atoms with E-state index in [1.807, 2.05) is 6.92 Å². The average Bonchev–Trinajstić information content (AvgIpc) is 2.58. The van der Waals surface area contributed by atoms with E-state index in [0.29, 0.717) is 10.7 Å². The molecule has 1 aliphatic rings. The Morgan fingerprint density at radius 2 is 1.81 bits per heavy atom. The summed E-state index contributed by atoms with van der Waals surface area (Å²) in [6.07, 6.45) is 0.551. The molecule has 0 bridgehead atoms. The Morgan fingerprint density at radius 1 is 1.08 bits per heavy atom. The minimum atomic E-state index is -4.55. The van der Waals surface area contributed by atoms with E-state index in [-0.39, 0.29) is 17.8 Å². The Hall–Kier alpha value is -2.02. The first-order chi connectivity index (χ1) is 12.3. The summed E-state index contributed by atoms with van der Waals surface area (Å²) in [6, 6.07) is 6.19. The number of aryl methyl sites for hydroxylation is 1. The van der Waals surface area contributed by atoms with Crippen LogP contribution >= 0.6 is 11.6 Å². The third-order valence-corrected chi connectivity index (χ3v) is 4.81. The van der Waals surface area contributed by atoms with Crippen molar-refractivity contribution in [2.45, 2.75) is 51.2 Å². The van der Waals surface area contributed by atoms with Gasteiger partial charge < -0.3 is 10.6 Å². The molecule has 0 amide bonds. The lowest BCUT2D eigenvalue weighted by Crippen LogP contribution is -2.24. The van der Waals surface area contributed by atoms with Crippen LogP contribution in [0.5, 0.6) is 0 Å². The quantitative estimate of drug-likeness (QED) is 0.684. The van der Waals surface area contributed by atoms with Crippen molar-refractivity contribution in [1.82, 2.24) is 9.97 Å². The van der Waals surface area contributed by atoms with Crippen molar-refractivity contribution >= 4 is 29.1 Å². The predicted molar refractivity (Wildman–Crippen MR) is 97.0 cm³/mol. The van der Waals surface area contributed by atoms with Crippen molar-refractivity contribution in [3.8, 4) is 0 Å². The highest BCUT2D eigenvalue weighted by Crippen LogP contribution is 2.31. The Kier molecular flexibility index (Phi) is 5.55. The van der Waals surface area contributed by atoms with Crippen molar-refractivity contribution in [3.05, 3.63) is 40.5 Å². The first-order valence-electron chi connectivity index (χ1n) is 8.57. The number of nitrogens with zero attached hydrogens (tertiary/aromatic N) is 2. The first kappa shape index (κ1) is 18.8. The van der Waals surface area contributed by atoms with Gasteiger partial charge in [0, 0.05) is 22.8 Å². The van der Waals surface area contributed by atoms with Gasteiger partial charge in [-0.25, -0.2) is 4.98 Å². The van der Waals surface area contributed by atoms with Gasteiger partial charge in [-0.15, -0.1) is 0 Å². The van der Waals surface area contributed by atoms with Gasteiger partial charge in [0.25, 0.3) is 0 Å². The highest BCUT2D eigenvalue weighted by molar-refractivity contribution is 6.31. The maximum Gasteiger partial charge on any atom is 0.433 e. The summed E-state index contributed by atoms with van der Waals surface area (Å²) in [6.45, 7) is 1.85. The largest absolute Gasteiger partial charge is 0.433 e. The molecule has 0 atom stereocenters. The molecular weight excluding hydrogens is 365 g/mol. The van der Waals surface area contributed by atoms with E-state index in [4.69, 9.17) is 11.6 Å². The number of hydrogen-bond acceptors (Lipinski definition) is 4. The van der Waals surface area contributed by atoms with Crippen LogP contribution in [0.15, 0.2) is 24.3 Å². The van der Waals surface area contributed by atoms with Crippen molar-refractivity contribution in [2.24, 2.45) is 0 Å². The summed E-state index contributed by atoms with van der Waals surface area (Å²) in [4.78, 5) is 7.87. The number of hydrogen-bond donors (Lipinski definition) is 2. The summed E-state index contributed by atoms with van der Waals surface area (Å²) in [5, 5.41) is 6.47. The fourth-order valence-electron chi connectivity index (χ4n) is 2.97. The molecule has 1 heterocycles. The molecule has 0 radical (unpaired) electrons. The van der Waals surface area contributed by atoms with Gasteiger partial charge in [0.05, 0.1) is 0 Å². The Bertz CT molecular complexity index is 774. The molecule has 0 spiro atoms. The van der Waals surface area contributed by atoms with Gasteiger partial charge in [-0.3, -0.25) is 0 Å². The topological polar surface area (TPSA) is 49.8 Å². The number of anilines is 3. The van der Waals surface area contributed by atoms with E-state index in [9.17, 15) is 13.2 Å². The number of rotatable bonds is 4. The second-order valence-corrected chi connectivity index (χ2v) is 6.94. The summed E-state index contributed by atoms with van der Waals surface area (Å²) in [7, 11) is 0. The minimum Gasteiger partial charge on any atom is -0.351 e. The second-order valence-electron chi connectivity index (χ2n) is 6.53. The van der Waals surface area contributed by atoms with Crippen LogP contribution in [0.3, 0.4) is 0 Å². The smallest absolute Gasteiger partial charge is 0.351 e. The predicted octanol–water partition coefficient (Wildman–Crippen LogP) is 5.95. The number of halogens is 4. The van der Waals surface area contributed by atoms with Crippen molar-refractivity contribution in [1.29, 1.82) is 0 Å². The van der Waals surface area contributed by atoms with Crippen LogP contribution < -0.4 is 10.6 Å². The molecule has 1 aliphatic carbocycles. The molecule has 4 nitrogen and oxygen atoms in total. The first-order valence-corrected chi connectivity index (χ1v) is 8.95. The van der Waals surface area contributed by atoms with E-state index in [0.717, 1.165) is 43.7 Å². The van der Waals surface area contributed by atoms with Gasteiger partial charge in [-0.05, 0) is 37.5 Å². The van der Waals surface area contributed by atoms with Crippen molar-refractivity contribution < 1.29 is 13.2 Å². The Labute approximate surface area is 155 Å². The van der Waals surface area contributed by atoms with Gasteiger partial charge in [0.1, 0.15) is 5.82 Å². The van der Waals surface area contributed by atoms with Crippen LogP contribution in [-0.4, -0.2) is 16.0 Å². The fraction of sp³-hybridized carbons (Fsp3) is 0.444. The third kappa shape index (κ3) is 4.78. The molecule has 0 saturated heterocycles. The van der Waals surface area contributed by atoms with Crippen LogP contribution in [0, 0.1) is 6.92 Å². The van der Waals surface area contributed by atoms with Crippen LogP contribution in [-0.2, 0) is 6.18 Å². The molecular formula is C18H20ClF3N4. The normalized spacial score (nSPS) is 15.7. The van der Waals surface area contributed by atoms with Gasteiger partial charge >= 0.3 is 6.18 Å². The average molecular weight is 385 g/mol. The standard InChI is InChI=1S/C18H20ClF3N4/c1-11-7-8-13(9-14(11)19)23-16-10-15(18(20,21)22)25-17(26-16)24-12-5-3-2-4-6-12/h7-10,12H,2-6H2,1H3,(H2,23,24,25,26). The molecule has 140 valence electrons. The SMILES string of the molecule is Cc1ccc(Nc2cc(C(F)(F)F)nc(NC3CCCCC3)n2)cc1Cl. The molecule has 26 heavy (non-hydrogen) atoms. The second kappa shape index (κ2) is 7.70. The summed E-state index contributed by atoms with van der Waals surface area (Å²) in [5.74, 6) is 0.0676. The summed E-state index contributed by atoms with van der Waals surface area (Å²) >= 11 is 6.08. The van der Waals surface area contributed by atoms with Gasteiger partial charge in [0.2, 0.25) is 5.95 Å². The Balaban J connectivity index is 1.87. The van der Waals surface area contributed by atoms with E-state index in [2.05, 4.69) is 20.6 Å². The molecule has 1 fully saturated rings. The van der Waals surface area contributed by atoms with E-state index in [1.165, 1.54) is 0 Å². The lowest BCUT2D eigenvalue weighted by Gasteiger charge is -2.23. The van der Waals surface area contributed by atoms with E-state index < -0.39 is 11.9 Å². The summed E-state index contributed by atoms with van der Waals surface area (Å²) < 4.78 is 39.6. The zero-order valence-electron chi connectivity index (χ0n) is 14.3. The van der Waals surface area contributed by atoms with Crippen molar-refractivity contribution in [3.63, 3.8) is 0 Å². The minimum absolute atomic E-state index is 0.00701. The monoisotopic (exact) mass is 384 g/mol. The van der Waals surface area contributed by atoms with Crippen molar-refractivity contribution in [2.75, 3.05) is 10.6 Å². The third-order valence-electron chi connectivity index (χ3n) is 4.40. The molecule has 2 aromatic rings. The highest BCUT2D eigenvalue weighted by atomic mass is 35.5. The molecule has 1 aromatic heterocycles. The number of nitrogens with one attached hydrogen (secondary N) is 2. The maximum atomic E-state index is 13.2. The summed E-state index contributed by atoms with van der Waals surface area (Å²) in [5.41, 5.74) is 0.470. The van der Waals surface area contributed by atoms with Gasteiger partial charge in [-0.1, -0.05) is 36.9 Å². The number of aromatic nitrogens is 2. The molecule has 1 aromatic carbocycles. The van der Waals surface area contributed by atoms with E-state index in [1.54, 1.807) is 18.2 Å². The lowest BCUT2D eigenvalue weighted by atomic mass is 9.96. The zero-order valence-corrected chi connectivity index (χ0v) is 15.1. The molecule has 2 N–H and O–H groups in total. The van der Waals surface area contributed by atoms with Gasteiger partial charge in [-0.2, -0.15) is 18.2 Å². The molecule has 0 aliphatic heterocycles. The molecule has 3 rings (SSSR count). The van der Waals surface area contributed by atoms with Crippen LogP contribution in [0.2, 0.25) is 5.02 Å². The number of alkyl halides is 3. The van der Waals surface area contributed by atoms with Crippen LogP contribution in [0.1, 0.15) is 43.4 Å². The molecule has 0 unspecified atom stereocenters. The maximum absolute atomic E-state index is 13.2. The highest BCUT2D eigenvalue weighted by Gasteiger charge is 2.34. The number of benzene rings is 1. The fourth-order valence-corrected chi connectivity index (χ4v) is 3.15. The van der Waals surface area contributed by atoms with Crippen LogP contribution in [0.4, 0.5) is 30.6 Å². The van der Waals surface area contributed by atoms with Gasteiger partial charge in [0.15, 0.2) is 5.69 Å². The van der Waals surface area contributed by atoms with E-state index >= 15 is 0 Å². The lowest BCUT2D eigenvalue weighted by molar-refractivity contribution is -0.141. The molecule has 1 saturated carbocycles. The Morgan fingerprint density at radius 3 is 2.46 bits per heavy atom. The molecule has 8 heteroatoms. The zero-order chi connectivity index (χ0) is 18.7. The van der Waals surface area contributed by atoms with Crippen LogP contribution in [0.25, 0.3) is 0 Å².